The van der Waals surface area contributed by atoms with Gasteiger partial charge in [-0.2, -0.15) is 0 Å². The maximum absolute atomic E-state index is 13.0. The van der Waals surface area contributed by atoms with Crippen LogP contribution in [0.15, 0.2) is 59.8 Å². The van der Waals surface area contributed by atoms with Crippen LogP contribution >= 0.6 is 0 Å². The van der Waals surface area contributed by atoms with Crippen LogP contribution in [0.5, 0.6) is 5.75 Å². The van der Waals surface area contributed by atoms with Crippen LogP contribution in [0.2, 0.25) is 0 Å². The molecule has 2 aromatic rings. The van der Waals surface area contributed by atoms with Crippen LogP contribution in [0.4, 0.5) is 10.5 Å². The number of ether oxygens (including phenoxy) is 1. The summed E-state index contributed by atoms with van der Waals surface area (Å²) >= 11 is 0. The fraction of sp³-hybridized carbons (Fsp3) is 0.238. The summed E-state index contributed by atoms with van der Waals surface area (Å²) in [7, 11) is 0. The Kier molecular flexibility index (Phi) is 5.45. The number of carbonyl (C=O) groups is 2. The van der Waals surface area contributed by atoms with Crippen LogP contribution in [0, 0.1) is 6.92 Å². The zero-order chi connectivity index (χ0) is 19.4. The number of aryl methyl sites for hydroxylation is 1. The fourth-order valence-corrected chi connectivity index (χ4v) is 3.00. The summed E-state index contributed by atoms with van der Waals surface area (Å²) in [6.45, 7) is 6.22. The monoisotopic (exact) mass is 365 g/mol. The number of carbonyl (C=O) groups excluding carboxylic acids is 2. The molecule has 1 aliphatic heterocycles. The van der Waals surface area contributed by atoms with E-state index in [-0.39, 0.29) is 11.9 Å². The average molecular weight is 365 g/mol. The van der Waals surface area contributed by atoms with E-state index in [9.17, 15) is 9.59 Å². The number of rotatable bonds is 5. The summed E-state index contributed by atoms with van der Waals surface area (Å²) in [5.41, 5.74) is 3.63. The first kappa shape index (κ1) is 18.5. The van der Waals surface area contributed by atoms with Crippen molar-refractivity contribution >= 4 is 17.6 Å². The number of benzene rings is 2. The maximum Gasteiger partial charge on any atom is 0.319 e. The van der Waals surface area contributed by atoms with Gasteiger partial charge < -0.3 is 20.7 Å². The molecule has 0 fully saturated rings. The van der Waals surface area contributed by atoms with Gasteiger partial charge in [-0.15, -0.1) is 0 Å². The van der Waals surface area contributed by atoms with Gasteiger partial charge in [0.25, 0.3) is 5.91 Å². The standard InChI is InChI=1S/C21H23N3O3/c1-4-27-17-11-9-16(10-12-17)23-20(25)18-14(3)22-21(26)24-19(18)15-7-5-13(2)6-8-15/h5-12,19H,4H2,1-3H3,(H,23,25)(H2,22,24,26)/t19-/m1/s1. The molecule has 3 rings (SSSR count). The van der Waals surface area contributed by atoms with Crippen molar-refractivity contribution in [3.63, 3.8) is 0 Å². The van der Waals surface area contributed by atoms with Crippen molar-refractivity contribution in [2.75, 3.05) is 11.9 Å². The van der Waals surface area contributed by atoms with Gasteiger partial charge in [0.1, 0.15) is 5.75 Å². The second-order valence-electron chi connectivity index (χ2n) is 6.39. The van der Waals surface area contributed by atoms with E-state index in [0.29, 0.717) is 23.6 Å². The number of hydrogen-bond acceptors (Lipinski definition) is 3. The van der Waals surface area contributed by atoms with Gasteiger partial charge >= 0.3 is 6.03 Å². The lowest BCUT2D eigenvalue weighted by Crippen LogP contribution is -2.45. The van der Waals surface area contributed by atoms with Crippen molar-refractivity contribution in [2.45, 2.75) is 26.8 Å². The Bertz CT molecular complexity index is 871. The molecule has 0 aliphatic carbocycles. The summed E-state index contributed by atoms with van der Waals surface area (Å²) in [6, 6.07) is 14.1. The third kappa shape index (κ3) is 4.28. The van der Waals surface area contributed by atoms with Crippen molar-refractivity contribution in [1.29, 1.82) is 0 Å². The first-order valence-electron chi connectivity index (χ1n) is 8.87. The Morgan fingerprint density at radius 1 is 1.07 bits per heavy atom. The molecule has 6 heteroatoms. The molecule has 6 nitrogen and oxygen atoms in total. The third-order valence-electron chi connectivity index (χ3n) is 4.35. The normalized spacial score (nSPS) is 16.4. The number of urea groups is 1. The molecular weight excluding hydrogens is 342 g/mol. The minimum Gasteiger partial charge on any atom is -0.494 e. The van der Waals surface area contributed by atoms with Crippen molar-refractivity contribution < 1.29 is 14.3 Å². The molecule has 1 atom stereocenters. The van der Waals surface area contributed by atoms with Crippen molar-refractivity contribution in [2.24, 2.45) is 0 Å². The van der Waals surface area contributed by atoms with Gasteiger partial charge in [0.05, 0.1) is 18.2 Å². The van der Waals surface area contributed by atoms with Gasteiger partial charge in [-0.05, 0) is 50.6 Å². The van der Waals surface area contributed by atoms with Crippen LogP contribution in [-0.4, -0.2) is 18.5 Å². The van der Waals surface area contributed by atoms with Gasteiger partial charge in [-0.1, -0.05) is 29.8 Å². The van der Waals surface area contributed by atoms with Crippen LogP contribution in [0.3, 0.4) is 0 Å². The quantitative estimate of drug-likeness (QED) is 0.756. The summed E-state index contributed by atoms with van der Waals surface area (Å²) in [5, 5.41) is 8.41. The first-order valence-corrected chi connectivity index (χ1v) is 8.87. The average Bonchev–Trinajstić information content (AvgIpc) is 2.63. The van der Waals surface area contributed by atoms with E-state index >= 15 is 0 Å². The molecule has 0 unspecified atom stereocenters. The predicted molar refractivity (Wildman–Crippen MR) is 105 cm³/mol. The zero-order valence-electron chi connectivity index (χ0n) is 15.6. The van der Waals surface area contributed by atoms with Gasteiger partial charge in [0.2, 0.25) is 0 Å². The highest BCUT2D eigenvalue weighted by Crippen LogP contribution is 2.28. The number of nitrogens with one attached hydrogen (secondary N) is 3. The second-order valence-corrected chi connectivity index (χ2v) is 6.39. The summed E-state index contributed by atoms with van der Waals surface area (Å²) < 4.78 is 5.42. The molecule has 1 aliphatic rings. The largest absolute Gasteiger partial charge is 0.494 e. The molecule has 3 amide bonds. The second kappa shape index (κ2) is 7.95. The Morgan fingerprint density at radius 3 is 2.37 bits per heavy atom. The molecular formula is C21H23N3O3. The lowest BCUT2D eigenvalue weighted by molar-refractivity contribution is -0.113. The van der Waals surface area contributed by atoms with E-state index in [2.05, 4.69) is 16.0 Å². The Morgan fingerprint density at radius 2 is 1.74 bits per heavy atom. The molecule has 2 aromatic carbocycles. The Hall–Kier alpha value is -3.28. The first-order chi connectivity index (χ1) is 13.0. The number of anilines is 1. The lowest BCUT2D eigenvalue weighted by Gasteiger charge is -2.28. The van der Waals surface area contributed by atoms with Gasteiger partial charge in [-0.25, -0.2) is 4.79 Å². The minimum atomic E-state index is -0.512. The molecule has 0 bridgehead atoms. The smallest absolute Gasteiger partial charge is 0.319 e. The summed E-state index contributed by atoms with van der Waals surface area (Å²) in [4.78, 5) is 24.9. The number of amides is 3. The van der Waals surface area contributed by atoms with Crippen LogP contribution in [0.1, 0.15) is 31.0 Å². The van der Waals surface area contributed by atoms with Crippen molar-refractivity contribution in [1.82, 2.24) is 10.6 Å². The third-order valence-corrected chi connectivity index (χ3v) is 4.35. The molecule has 1 heterocycles. The van der Waals surface area contributed by atoms with Gasteiger partial charge in [0, 0.05) is 11.4 Å². The van der Waals surface area contributed by atoms with Crippen molar-refractivity contribution in [3.05, 3.63) is 70.9 Å². The highest BCUT2D eigenvalue weighted by Gasteiger charge is 2.31. The van der Waals surface area contributed by atoms with E-state index in [0.717, 1.165) is 16.9 Å². The SMILES string of the molecule is CCOc1ccc(NC(=O)C2=C(C)NC(=O)N[C@@H]2c2ccc(C)cc2)cc1. The topological polar surface area (TPSA) is 79.5 Å². The molecule has 0 radical (unpaired) electrons. The van der Waals surface area contributed by atoms with Gasteiger partial charge in [0.15, 0.2) is 0 Å². The highest BCUT2D eigenvalue weighted by molar-refractivity contribution is 6.06. The van der Waals surface area contributed by atoms with Crippen LogP contribution in [-0.2, 0) is 4.79 Å². The maximum atomic E-state index is 13.0. The highest BCUT2D eigenvalue weighted by atomic mass is 16.5. The Balaban J connectivity index is 1.86. The number of hydrogen-bond donors (Lipinski definition) is 3. The van der Waals surface area contributed by atoms with E-state index in [1.54, 1.807) is 31.2 Å². The van der Waals surface area contributed by atoms with E-state index in [1.807, 2.05) is 38.1 Å². The summed E-state index contributed by atoms with van der Waals surface area (Å²) in [5.74, 6) is 0.477. The van der Waals surface area contributed by atoms with E-state index < -0.39 is 6.04 Å². The fourth-order valence-electron chi connectivity index (χ4n) is 3.00. The van der Waals surface area contributed by atoms with E-state index in [1.165, 1.54) is 0 Å². The van der Waals surface area contributed by atoms with Crippen LogP contribution in [0.25, 0.3) is 0 Å². The minimum absolute atomic E-state index is 0.269. The predicted octanol–water partition coefficient (Wildman–Crippen LogP) is 3.66. The zero-order valence-corrected chi connectivity index (χ0v) is 15.6. The molecule has 0 aromatic heterocycles. The molecule has 0 saturated carbocycles. The van der Waals surface area contributed by atoms with E-state index in [4.69, 9.17) is 4.74 Å². The number of allylic oxidation sites excluding steroid dienone is 1. The van der Waals surface area contributed by atoms with Crippen molar-refractivity contribution in [3.8, 4) is 5.75 Å². The summed E-state index contributed by atoms with van der Waals surface area (Å²) in [6.07, 6.45) is 0. The molecule has 140 valence electrons. The molecule has 27 heavy (non-hydrogen) atoms. The molecule has 3 N–H and O–H groups in total. The Labute approximate surface area is 158 Å². The molecule has 0 saturated heterocycles. The lowest BCUT2D eigenvalue weighted by atomic mass is 9.94. The van der Waals surface area contributed by atoms with Crippen LogP contribution < -0.4 is 20.7 Å². The van der Waals surface area contributed by atoms with Gasteiger partial charge in [-0.3, -0.25) is 4.79 Å². The molecule has 0 spiro atoms.